The van der Waals surface area contributed by atoms with Gasteiger partial charge in [-0.3, -0.25) is 4.79 Å². The van der Waals surface area contributed by atoms with Crippen LogP contribution >= 0.6 is 12.4 Å². The summed E-state index contributed by atoms with van der Waals surface area (Å²) in [6, 6.07) is 6.43. The number of anilines is 1. The van der Waals surface area contributed by atoms with Crippen LogP contribution in [-0.2, 0) is 14.3 Å². The molecule has 0 heterocycles. The van der Waals surface area contributed by atoms with E-state index < -0.39 is 5.97 Å². The number of amides is 1. The molecule has 0 aliphatic carbocycles. The van der Waals surface area contributed by atoms with Crippen molar-refractivity contribution in [2.75, 3.05) is 26.1 Å². The number of halogens is 1. The normalized spacial score (nSPS) is 11.2. The van der Waals surface area contributed by atoms with E-state index in [1.165, 1.54) is 14.2 Å². The molecule has 0 saturated carbocycles. The van der Waals surface area contributed by atoms with Gasteiger partial charge in [0.25, 0.3) is 0 Å². The topological polar surface area (TPSA) is 90.7 Å². The molecule has 0 fully saturated rings. The summed E-state index contributed by atoms with van der Waals surface area (Å²) in [5, 5.41) is 2.70. The van der Waals surface area contributed by atoms with Crippen molar-refractivity contribution < 1.29 is 19.1 Å². The molecule has 0 spiro atoms. The average molecular weight is 303 g/mol. The van der Waals surface area contributed by atoms with Crippen LogP contribution in [-0.4, -0.2) is 38.7 Å². The molecular formula is C13H19ClN2O4. The van der Waals surface area contributed by atoms with E-state index in [0.29, 0.717) is 11.3 Å². The number of benzene rings is 1. The minimum Gasteiger partial charge on any atom is -0.465 e. The summed E-state index contributed by atoms with van der Waals surface area (Å²) in [7, 11) is 2.83. The first-order valence-corrected chi connectivity index (χ1v) is 5.81. The minimum atomic E-state index is -0.416. The first-order chi connectivity index (χ1) is 9.10. The van der Waals surface area contributed by atoms with Gasteiger partial charge >= 0.3 is 5.97 Å². The molecule has 0 radical (unpaired) electrons. The largest absolute Gasteiger partial charge is 0.465 e. The quantitative estimate of drug-likeness (QED) is 0.771. The van der Waals surface area contributed by atoms with E-state index >= 15 is 0 Å². The van der Waals surface area contributed by atoms with Crippen LogP contribution in [0.15, 0.2) is 24.3 Å². The molecule has 1 aromatic rings. The fourth-order valence-corrected chi connectivity index (χ4v) is 1.49. The van der Waals surface area contributed by atoms with Crippen LogP contribution in [0.4, 0.5) is 5.69 Å². The maximum atomic E-state index is 11.7. The highest BCUT2D eigenvalue weighted by molar-refractivity contribution is 5.93. The number of hydrogen-bond donors (Lipinski definition) is 2. The van der Waals surface area contributed by atoms with E-state index in [-0.39, 0.29) is 37.4 Å². The fraction of sp³-hybridized carbons (Fsp3) is 0.385. The SMILES string of the molecule is COC(=O)c1ccc(NC(=O)CC(CN)OC)cc1.Cl. The van der Waals surface area contributed by atoms with Crippen LogP contribution < -0.4 is 11.1 Å². The van der Waals surface area contributed by atoms with Crippen LogP contribution in [0.3, 0.4) is 0 Å². The third-order valence-electron chi connectivity index (χ3n) is 2.60. The molecule has 1 atom stereocenters. The van der Waals surface area contributed by atoms with Gasteiger partial charge in [0.05, 0.1) is 25.2 Å². The molecule has 1 aromatic carbocycles. The Hall–Kier alpha value is -1.63. The number of hydrogen-bond acceptors (Lipinski definition) is 5. The smallest absolute Gasteiger partial charge is 0.337 e. The second kappa shape index (κ2) is 9.30. The Morgan fingerprint density at radius 2 is 1.85 bits per heavy atom. The number of carbonyl (C=O) groups is 2. The maximum Gasteiger partial charge on any atom is 0.337 e. The number of methoxy groups -OCH3 is 2. The maximum absolute atomic E-state index is 11.7. The van der Waals surface area contributed by atoms with Crippen molar-refractivity contribution in [3.8, 4) is 0 Å². The molecule has 0 aromatic heterocycles. The van der Waals surface area contributed by atoms with E-state index in [2.05, 4.69) is 10.1 Å². The number of rotatable bonds is 6. The Morgan fingerprint density at radius 3 is 2.30 bits per heavy atom. The highest BCUT2D eigenvalue weighted by Crippen LogP contribution is 2.11. The summed E-state index contributed by atoms with van der Waals surface area (Å²) in [4.78, 5) is 22.9. The lowest BCUT2D eigenvalue weighted by Gasteiger charge is -2.12. The summed E-state index contributed by atoms with van der Waals surface area (Å²) < 4.78 is 9.61. The van der Waals surface area contributed by atoms with Crippen molar-refractivity contribution in [2.45, 2.75) is 12.5 Å². The first kappa shape index (κ1) is 18.4. The third kappa shape index (κ3) is 5.56. The van der Waals surface area contributed by atoms with Crippen LogP contribution in [0.2, 0.25) is 0 Å². The van der Waals surface area contributed by atoms with Gasteiger partial charge in [0, 0.05) is 19.3 Å². The summed E-state index contributed by atoms with van der Waals surface area (Å²) in [5.74, 6) is -0.608. The molecular weight excluding hydrogens is 284 g/mol. The Labute approximate surface area is 124 Å². The van der Waals surface area contributed by atoms with Crippen molar-refractivity contribution in [1.82, 2.24) is 0 Å². The Balaban J connectivity index is 0.00000361. The summed E-state index contributed by atoms with van der Waals surface area (Å²) in [5.41, 5.74) is 6.47. The summed E-state index contributed by atoms with van der Waals surface area (Å²) in [6.07, 6.45) is -0.111. The van der Waals surface area contributed by atoms with Crippen molar-refractivity contribution >= 4 is 30.0 Å². The monoisotopic (exact) mass is 302 g/mol. The number of ether oxygens (including phenoxy) is 2. The molecule has 20 heavy (non-hydrogen) atoms. The molecule has 3 N–H and O–H groups in total. The van der Waals surface area contributed by atoms with Crippen molar-refractivity contribution in [3.05, 3.63) is 29.8 Å². The second-order valence-electron chi connectivity index (χ2n) is 3.91. The fourth-order valence-electron chi connectivity index (χ4n) is 1.49. The number of nitrogens with one attached hydrogen (secondary N) is 1. The summed E-state index contributed by atoms with van der Waals surface area (Å²) >= 11 is 0. The van der Waals surface area contributed by atoms with E-state index in [0.717, 1.165) is 0 Å². The zero-order valence-corrected chi connectivity index (χ0v) is 12.2. The van der Waals surface area contributed by atoms with Crippen molar-refractivity contribution in [3.63, 3.8) is 0 Å². The Kier molecular flexibility index (Phi) is 8.54. The van der Waals surface area contributed by atoms with Crippen LogP contribution in [0.5, 0.6) is 0 Å². The molecule has 1 rings (SSSR count). The van der Waals surface area contributed by atoms with Gasteiger partial charge in [-0.1, -0.05) is 0 Å². The highest BCUT2D eigenvalue weighted by Gasteiger charge is 2.12. The molecule has 112 valence electrons. The van der Waals surface area contributed by atoms with Crippen molar-refractivity contribution in [2.24, 2.45) is 5.73 Å². The van der Waals surface area contributed by atoms with Gasteiger partial charge in [-0.25, -0.2) is 4.79 Å². The first-order valence-electron chi connectivity index (χ1n) is 5.81. The zero-order valence-electron chi connectivity index (χ0n) is 11.4. The zero-order chi connectivity index (χ0) is 14.3. The highest BCUT2D eigenvalue weighted by atomic mass is 35.5. The molecule has 0 bridgehead atoms. The third-order valence-corrected chi connectivity index (χ3v) is 2.60. The lowest BCUT2D eigenvalue weighted by atomic mass is 10.2. The number of esters is 1. The van der Waals surface area contributed by atoms with Gasteiger partial charge in [-0.2, -0.15) is 0 Å². The molecule has 0 aliphatic rings. The average Bonchev–Trinajstić information content (AvgIpc) is 2.44. The lowest BCUT2D eigenvalue weighted by molar-refractivity contribution is -0.118. The Morgan fingerprint density at radius 1 is 1.25 bits per heavy atom. The minimum absolute atomic E-state index is 0. The van der Waals surface area contributed by atoms with E-state index in [4.69, 9.17) is 10.5 Å². The predicted octanol–water partition coefficient (Wildman–Crippen LogP) is 1.20. The van der Waals surface area contributed by atoms with Gasteiger partial charge < -0.3 is 20.5 Å². The lowest BCUT2D eigenvalue weighted by Crippen LogP contribution is -2.28. The van der Waals surface area contributed by atoms with Gasteiger partial charge in [0.1, 0.15) is 0 Å². The van der Waals surface area contributed by atoms with Gasteiger partial charge in [0.2, 0.25) is 5.91 Å². The molecule has 0 aliphatic heterocycles. The van der Waals surface area contributed by atoms with E-state index in [1.54, 1.807) is 24.3 Å². The number of carbonyl (C=O) groups excluding carboxylic acids is 2. The summed E-state index contributed by atoms with van der Waals surface area (Å²) in [6.45, 7) is 0.283. The van der Waals surface area contributed by atoms with Crippen LogP contribution in [0, 0.1) is 0 Å². The van der Waals surface area contributed by atoms with Gasteiger partial charge in [-0.15, -0.1) is 12.4 Å². The van der Waals surface area contributed by atoms with E-state index in [9.17, 15) is 9.59 Å². The molecule has 6 nitrogen and oxygen atoms in total. The molecule has 1 unspecified atom stereocenters. The van der Waals surface area contributed by atoms with E-state index in [1.807, 2.05) is 0 Å². The molecule has 0 saturated heterocycles. The van der Waals surface area contributed by atoms with Gasteiger partial charge in [-0.05, 0) is 24.3 Å². The predicted molar refractivity (Wildman–Crippen MR) is 78.1 cm³/mol. The van der Waals surface area contributed by atoms with Gasteiger partial charge in [0.15, 0.2) is 0 Å². The number of nitrogens with two attached hydrogens (primary N) is 1. The molecule has 7 heteroatoms. The second-order valence-corrected chi connectivity index (χ2v) is 3.91. The standard InChI is InChI=1S/C13H18N2O4.ClH/c1-18-11(8-14)7-12(16)15-10-5-3-9(4-6-10)13(17)19-2;/h3-6,11H,7-8,14H2,1-2H3,(H,15,16);1H. The van der Waals surface area contributed by atoms with Crippen LogP contribution in [0.1, 0.15) is 16.8 Å². The Bertz CT molecular complexity index is 433. The van der Waals surface area contributed by atoms with Crippen molar-refractivity contribution in [1.29, 1.82) is 0 Å². The molecule has 1 amide bonds. The van der Waals surface area contributed by atoms with Crippen LogP contribution in [0.25, 0.3) is 0 Å².